The van der Waals surface area contributed by atoms with Gasteiger partial charge in [-0.2, -0.15) is 0 Å². The van der Waals surface area contributed by atoms with Crippen LogP contribution < -0.4 is 5.32 Å². The van der Waals surface area contributed by atoms with Crippen LogP contribution in [0.15, 0.2) is 11.4 Å². The van der Waals surface area contributed by atoms with Crippen molar-refractivity contribution in [1.29, 1.82) is 0 Å². The summed E-state index contributed by atoms with van der Waals surface area (Å²) in [6.07, 6.45) is 0.930. The lowest BCUT2D eigenvalue weighted by molar-refractivity contribution is 0.0688. The molecule has 4 heteroatoms. The molecule has 2 nitrogen and oxygen atoms in total. The van der Waals surface area contributed by atoms with E-state index in [0.717, 1.165) is 23.8 Å². The molecule has 2 N–H and O–H groups in total. The summed E-state index contributed by atoms with van der Waals surface area (Å²) >= 11 is 7.39. The molecule has 2 rings (SSSR count). The van der Waals surface area contributed by atoms with Crippen molar-refractivity contribution in [3.8, 4) is 0 Å². The SMILES string of the molecule is OCC1(Cc2csc(Cl)c2)CNC1. The predicted octanol–water partition coefficient (Wildman–Crippen LogP) is 1.53. The number of halogens is 1. The van der Waals surface area contributed by atoms with Crippen molar-refractivity contribution in [2.75, 3.05) is 19.7 Å². The fourth-order valence-electron chi connectivity index (χ4n) is 1.64. The number of thiophene rings is 1. The highest BCUT2D eigenvalue weighted by Crippen LogP contribution is 2.30. The van der Waals surface area contributed by atoms with E-state index in [-0.39, 0.29) is 12.0 Å². The van der Waals surface area contributed by atoms with Crippen LogP contribution in [0.25, 0.3) is 0 Å². The molecule has 1 aromatic rings. The van der Waals surface area contributed by atoms with E-state index in [2.05, 4.69) is 10.7 Å². The Bertz CT molecular complexity index is 290. The molecule has 0 amide bonds. The fraction of sp³-hybridized carbons (Fsp3) is 0.556. The third-order valence-corrected chi connectivity index (χ3v) is 3.68. The second-order valence-corrected chi connectivity index (χ2v) is 5.24. The van der Waals surface area contributed by atoms with Crippen LogP contribution in [0.4, 0.5) is 0 Å². The average Bonchev–Trinajstić information content (AvgIpc) is 2.44. The van der Waals surface area contributed by atoms with Crippen LogP contribution >= 0.6 is 22.9 Å². The van der Waals surface area contributed by atoms with Gasteiger partial charge in [-0.05, 0) is 23.4 Å². The van der Waals surface area contributed by atoms with Gasteiger partial charge in [0.15, 0.2) is 0 Å². The highest BCUT2D eigenvalue weighted by atomic mass is 35.5. The van der Waals surface area contributed by atoms with E-state index in [1.807, 2.05) is 6.07 Å². The van der Waals surface area contributed by atoms with Crippen LogP contribution in [0.1, 0.15) is 5.56 Å². The van der Waals surface area contributed by atoms with E-state index >= 15 is 0 Å². The van der Waals surface area contributed by atoms with Gasteiger partial charge < -0.3 is 10.4 Å². The number of nitrogens with one attached hydrogen (secondary N) is 1. The molecule has 13 heavy (non-hydrogen) atoms. The van der Waals surface area contributed by atoms with Crippen LogP contribution in [0.5, 0.6) is 0 Å². The summed E-state index contributed by atoms with van der Waals surface area (Å²) in [5.74, 6) is 0. The molecule has 1 saturated heterocycles. The smallest absolute Gasteiger partial charge is 0.0931 e. The minimum atomic E-state index is 0.0738. The van der Waals surface area contributed by atoms with E-state index in [4.69, 9.17) is 11.6 Å². The second-order valence-electron chi connectivity index (χ2n) is 3.70. The summed E-state index contributed by atoms with van der Waals surface area (Å²) in [6, 6.07) is 1.99. The van der Waals surface area contributed by atoms with E-state index < -0.39 is 0 Å². The number of rotatable bonds is 3. The number of hydrogen-bond donors (Lipinski definition) is 2. The van der Waals surface area contributed by atoms with Crippen molar-refractivity contribution in [2.24, 2.45) is 5.41 Å². The van der Waals surface area contributed by atoms with Gasteiger partial charge in [0.05, 0.1) is 10.9 Å². The molecule has 0 aliphatic carbocycles. The molecule has 0 bridgehead atoms. The Morgan fingerprint density at radius 1 is 1.62 bits per heavy atom. The molecule has 2 heterocycles. The van der Waals surface area contributed by atoms with E-state index in [0.29, 0.717) is 0 Å². The molecule has 0 aromatic carbocycles. The van der Waals surface area contributed by atoms with Gasteiger partial charge in [0.25, 0.3) is 0 Å². The van der Waals surface area contributed by atoms with Crippen molar-refractivity contribution in [1.82, 2.24) is 5.32 Å². The molecule has 1 aliphatic rings. The molecule has 1 fully saturated rings. The minimum Gasteiger partial charge on any atom is -0.396 e. The average molecular weight is 218 g/mol. The quantitative estimate of drug-likeness (QED) is 0.805. The summed E-state index contributed by atoms with van der Waals surface area (Å²) in [4.78, 5) is 0. The summed E-state index contributed by atoms with van der Waals surface area (Å²) in [5.41, 5.74) is 1.32. The summed E-state index contributed by atoms with van der Waals surface area (Å²) in [7, 11) is 0. The topological polar surface area (TPSA) is 32.3 Å². The minimum absolute atomic E-state index is 0.0738. The highest BCUT2D eigenvalue weighted by Gasteiger charge is 2.36. The predicted molar refractivity (Wildman–Crippen MR) is 55.4 cm³/mol. The van der Waals surface area contributed by atoms with E-state index in [1.54, 1.807) is 11.3 Å². The zero-order valence-electron chi connectivity index (χ0n) is 7.22. The highest BCUT2D eigenvalue weighted by molar-refractivity contribution is 7.14. The van der Waals surface area contributed by atoms with Crippen molar-refractivity contribution < 1.29 is 5.11 Å². The van der Waals surface area contributed by atoms with Gasteiger partial charge in [0, 0.05) is 18.5 Å². The first-order valence-corrected chi connectivity index (χ1v) is 5.54. The Balaban J connectivity index is 2.04. The summed E-state index contributed by atoms with van der Waals surface area (Å²) in [5, 5.41) is 14.5. The number of hydrogen-bond acceptors (Lipinski definition) is 3. The van der Waals surface area contributed by atoms with Gasteiger partial charge >= 0.3 is 0 Å². The maximum absolute atomic E-state index is 9.24. The molecular weight excluding hydrogens is 206 g/mol. The molecule has 0 radical (unpaired) electrons. The van der Waals surface area contributed by atoms with Gasteiger partial charge in [-0.25, -0.2) is 0 Å². The maximum atomic E-state index is 9.24. The second kappa shape index (κ2) is 3.58. The first kappa shape index (κ1) is 9.46. The van der Waals surface area contributed by atoms with Crippen LogP contribution in [0.3, 0.4) is 0 Å². The largest absolute Gasteiger partial charge is 0.396 e. The zero-order chi connectivity index (χ0) is 9.31. The Hall–Kier alpha value is -0.0900. The van der Waals surface area contributed by atoms with Crippen LogP contribution in [-0.4, -0.2) is 24.8 Å². The van der Waals surface area contributed by atoms with E-state index in [1.165, 1.54) is 5.56 Å². The maximum Gasteiger partial charge on any atom is 0.0931 e. The third-order valence-electron chi connectivity index (χ3n) is 2.54. The van der Waals surface area contributed by atoms with Crippen LogP contribution in [0, 0.1) is 5.41 Å². The lowest BCUT2D eigenvalue weighted by Gasteiger charge is -2.41. The summed E-state index contributed by atoms with van der Waals surface area (Å²) in [6.45, 7) is 2.08. The van der Waals surface area contributed by atoms with E-state index in [9.17, 15) is 5.11 Å². The summed E-state index contributed by atoms with van der Waals surface area (Å²) < 4.78 is 0.829. The van der Waals surface area contributed by atoms with Crippen LogP contribution in [0.2, 0.25) is 4.34 Å². The molecule has 0 spiro atoms. The Kier molecular flexibility index (Phi) is 2.60. The van der Waals surface area contributed by atoms with Crippen molar-refractivity contribution in [3.05, 3.63) is 21.3 Å². The molecule has 1 aromatic heterocycles. The monoisotopic (exact) mass is 217 g/mol. The number of aliphatic hydroxyl groups is 1. The Morgan fingerprint density at radius 3 is 2.77 bits per heavy atom. The zero-order valence-corrected chi connectivity index (χ0v) is 8.79. The Morgan fingerprint density at radius 2 is 2.38 bits per heavy atom. The lowest BCUT2D eigenvalue weighted by atomic mass is 9.78. The molecule has 0 atom stereocenters. The lowest BCUT2D eigenvalue weighted by Crippen LogP contribution is -2.56. The molecular formula is C9H12ClNOS. The standard InChI is InChI=1S/C9H12ClNOS/c10-8-1-7(3-13-8)2-9(6-12)4-11-5-9/h1,3,11-12H,2,4-6H2. The van der Waals surface area contributed by atoms with Gasteiger partial charge in [-0.15, -0.1) is 11.3 Å². The van der Waals surface area contributed by atoms with Crippen molar-refractivity contribution in [3.63, 3.8) is 0 Å². The normalized spacial score (nSPS) is 19.8. The van der Waals surface area contributed by atoms with Crippen LogP contribution in [-0.2, 0) is 6.42 Å². The molecule has 0 saturated carbocycles. The van der Waals surface area contributed by atoms with Gasteiger partial charge in [0.2, 0.25) is 0 Å². The third kappa shape index (κ3) is 1.89. The van der Waals surface area contributed by atoms with Crippen molar-refractivity contribution >= 4 is 22.9 Å². The number of aliphatic hydroxyl groups excluding tert-OH is 1. The fourth-order valence-corrected chi connectivity index (χ4v) is 2.55. The van der Waals surface area contributed by atoms with Gasteiger partial charge in [-0.3, -0.25) is 0 Å². The molecule has 1 aliphatic heterocycles. The first-order chi connectivity index (χ1) is 6.24. The Labute approximate surface area is 86.5 Å². The molecule has 0 unspecified atom stereocenters. The molecule has 72 valence electrons. The first-order valence-electron chi connectivity index (χ1n) is 4.29. The van der Waals surface area contributed by atoms with Gasteiger partial charge in [-0.1, -0.05) is 11.6 Å². The van der Waals surface area contributed by atoms with Crippen molar-refractivity contribution in [2.45, 2.75) is 6.42 Å². The van der Waals surface area contributed by atoms with Gasteiger partial charge in [0.1, 0.15) is 0 Å².